The molecular weight excluding hydrogens is 268 g/mol. The van der Waals surface area contributed by atoms with Crippen molar-refractivity contribution in [3.05, 3.63) is 24.3 Å². The molecule has 1 unspecified atom stereocenters. The van der Waals surface area contributed by atoms with E-state index in [2.05, 4.69) is 19.2 Å². The molecule has 1 saturated heterocycles. The molecule has 0 aliphatic carbocycles. The highest BCUT2D eigenvalue weighted by Crippen LogP contribution is 2.14. The first kappa shape index (κ1) is 15.8. The van der Waals surface area contributed by atoms with Crippen LogP contribution in [0, 0.1) is 0 Å². The highest BCUT2D eigenvalue weighted by atomic mass is 16.5. The van der Waals surface area contributed by atoms with Crippen molar-refractivity contribution in [1.29, 1.82) is 0 Å². The summed E-state index contributed by atoms with van der Waals surface area (Å²) >= 11 is 0. The number of morpholine rings is 1. The van der Waals surface area contributed by atoms with Crippen molar-refractivity contribution in [3.8, 4) is 5.75 Å². The Balaban J connectivity index is 1.76. The van der Waals surface area contributed by atoms with Crippen LogP contribution in [0.2, 0.25) is 0 Å². The van der Waals surface area contributed by atoms with Gasteiger partial charge in [0.2, 0.25) is 5.91 Å². The Hall–Kier alpha value is -1.59. The van der Waals surface area contributed by atoms with Crippen molar-refractivity contribution >= 4 is 11.6 Å². The van der Waals surface area contributed by atoms with Gasteiger partial charge < -0.3 is 19.7 Å². The molecule has 0 radical (unpaired) electrons. The smallest absolute Gasteiger partial charge is 0.230 e. The van der Waals surface area contributed by atoms with Gasteiger partial charge >= 0.3 is 0 Å². The number of hydrogen-bond acceptors (Lipinski definition) is 3. The molecule has 116 valence electrons. The third-order valence-corrected chi connectivity index (χ3v) is 3.70. The minimum Gasteiger partial charge on any atom is -0.497 e. The van der Waals surface area contributed by atoms with Gasteiger partial charge in [0, 0.05) is 5.69 Å². The van der Waals surface area contributed by atoms with Crippen LogP contribution in [0.3, 0.4) is 0 Å². The van der Waals surface area contributed by atoms with E-state index in [1.165, 1.54) is 4.90 Å². The molecule has 1 aromatic carbocycles. The molecule has 0 saturated carbocycles. The van der Waals surface area contributed by atoms with E-state index in [0.717, 1.165) is 31.1 Å². The standard InChI is InChI=1S/C16H24N2O3/c1-12-10-18(11-13(2)21-12)9-8-16(19)17-14-4-6-15(20-3)7-5-14/h4-7,12-13H,8-11H2,1-3H3,(H,17,19)/p+1/t12-,13+. The van der Waals surface area contributed by atoms with Gasteiger partial charge in [-0.2, -0.15) is 0 Å². The first-order valence-corrected chi connectivity index (χ1v) is 7.49. The molecule has 1 aromatic rings. The number of hydrogen-bond donors (Lipinski definition) is 2. The predicted octanol–water partition coefficient (Wildman–Crippen LogP) is 0.716. The molecule has 1 fully saturated rings. The summed E-state index contributed by atoms with van der Waals surface area (Å²) < 4.78 is 10.8. The van der Waals surface area contributed by atoms with Crippen molar-refractivity contribution in [2.45, 2.75) is 32.5 Å². The van der Waals surface area contributed by atoms with Crippen molar-refractivity contribution in [2.24, 2.45) is 0 Å². The number of quaternary nitrogens is 1. The number of anilines is 1. The van der Waals surface area contributed by atoms with Crippen LogP contribution in [0.1, 0.15) is 20.3 Å². The average molecular weight is 293 g/mol. The van der Waals surface area contributed by atoms with Gasteiger partial charge in [0.15, 0.2) is 0 Å². The quantitative estimate of drug-likeness (QED) is 0.841. The summed E-state index contributed by atoms with van der Waals surface area (Å²) in [6, 6.07) is 7.38. The zero-order valence-corrected chi connectivity index (χ0v) is 13.0. The first-order chi connectivity index (χ1) is 10.1. The second kappa shape index (κ2) is 7.43. The van der Waals surface area contributed by atoms with Crippen LogP contribution in [-0.4, -0.2) is 44.9 Å². The van der Waals surface area contributed by atoms with E-state index in [1.807, 2.05) is 24.3 Å². The topological polar surface area (TPSA) is 52.0 Å². The molecule has 5 nitrogen and oxygen atoms in total. The third kappa shape index (κ3) is 5.02. The van der Waals surface area contributed by atoms with Gasteiger partial charge in [0.1, 0.15) is 31.0 Å². The molecule has 2 N–H and O–H groups in total. The van der Waals surface area contributed by atoms with Crippen molar-refractivity contribution < 1.29 is 19.2 Å². The van der Waals surface area contributed by atoms with E-state index in [4.69, 9.17) is 9.47 Å². The maximum atomic E-state index is 12.0. The van der Waals surface area contributed by atoms with E-state index in [0.29, 0.717) is 6.42 Å². The molecular formula is C16H25N2O3+. The van der Waals surface area contributed by atoms with Gasteiger partial charge in [-0.1, -0.05) is 0 Å². The zero-order chi connectivity index (χ0) is 15.2. The molecule has 0 aromatic heterocycles. The van der Waals surface area contributed by atoms with Crippen LogP contribution in [0.4, 0.5) is 5.69 Å². The monoisotopic (exact) mass is 293 g/mol. The number of carbonyl (C=O) groups excluding carboxylic acids is 1. The van der Waals surface area contributed by atoms with E-state index >= 15 is 0 Å². The Kier molecular flexibility index (Phi) is 5.59. The Morgan fingerprint density at radius 2 is 1.90 bits per heavy atom. The average Bonchev–Trinajstić information content (AvgIpc) is 2.45. The van der Waals surface area contributed by atoms with E-state index in [9.17, 15) is 4.79 Å². The van der Waals surface area contributed by atoms with Crippen LogP contribution in [0.15, 0.2) is 24.3 Å². The normalized spacial score (nSPS) is 25.4. The number of amides is 1. The lowest BCUT2D eigenvalue weighted by molar-refractivity contribution is -0.914. The Morgan fingerprint density at radius 3 is 2.48 bits per heavy atom. The lowest BCUT2D eigenvalue weighted by atomic mass is 10.2. The fourth-order valence-corrected chi connectivity index (χ4v) is 2.78. The fourth-order valence-electron chi connectivity index (χ4n) is 2.78. The third-order valence-electron chi connectivity index (χ3n) is 3.70. The maximum absolute atomic E-state index is 12.0. The maximum Gasteiger partial charge on any atom is 0.230 e. The number of rotatable bonds is 5. The summed E-state index contributed by atoms with van der Waals surface area (Å²) in [6.07, 6.45) is 1.07. The number of nitrogens with one attached hydrogen (secondary N) is 2. The lowest BCUT2D eigenvalue weighted by Crippen LogP contribution is -3.15. The first-order valence-electron chi connectivity index (χ1n) is 7.49. The van der Waals surface area contributed by atoms with E-state index in [1.54, 1.807) is 7.11 Å². The second-order valence-corrected chi connectivity index (χ2v) is 5.69. The van der Waals surface area contributed by atoms with Crippen molar-refractivity contribution in [2.75, 3.05) is 32.1 Å². The summed E-state index contributed by atoms with van der Waals surface area (Å²) in [5.74, 6) is 0.841. The molecule has 21 heavy (non-hydrogen) atoms. The molecule has 5 heteroatoms. The molecule has 1 amide bonds. The van der Waals surface area contributed by atoms with Crippen LogP contribution >= 0.6 is 0 Å². The van der Waals surface area contributed by atoms with E-state index < -0.39 is 0 Å². The zero-order valence-electron chi connectivity index (χ0n) is 13.0. The molecule has 0 bridgehead atoms. The van der Waals surface area contributed by atoms with Crippen LogP contribution in [0.25, 0.3) is 0 Å². The Morgan fingerprint density at radius 1 is 1.29 bits per heavy atom. The van der Waals surface area contributed by atoms with Gasteiger partial charge in [0.05, 0.1) is 20.1 Å². The molecule has 3 atom stereocenters. The Labute approximate surface area is 126 Å². The number of methoxy groups -OCH3 is 1. The predicted molar refractivity (Wildman–Crippen MR) is 81.8 cm³/mol. The summed E-state index contributed by atoms with van der Waals surface area (Å²) in [5.41, 5.74) is 0.805. The van der Waals surface area contributed by atoms with Gasteiger partial charge in [-0.15, -0.1) is 0 Å². The SMILES string of the molecule is COc1ccc(NC(=O)CC[NH+]2C[C@@H](C)O[C@@H](C)C2)cc1. The van der Waals surface area contributed by atoms with Gasteiger partial charge in [-0.05, 0) is 38.1 Å². The summed E-state index contributed by atoms with van der Waals surface area (Å²) in [4.78, 5) is 13.4. The minimum absolute atomic E-state index is 0.0551. The number of benzene rings is 1. The van der Waals surface area contributed by atoms with Crippen LogP contribution in [-0.2, 0) is 9.53 Å². The summed E-state index contributed by atoms with van der Waals surface area (Å²) in [6.45, 7) is 6.97. The van der Waals surface area contributed by atoms with Gasteiger partial charge in [-0.25, -0.2) is 0 Å². The summed E-state index contributed by atoms with van der Waals surface area (Å²) in [7, 11) is 1.63. The highest BCUT2D eigenvalue weighted by molar-refractivity contribution is 5.90. The highest BCUT2D eigenvalue weighted by Gasteiger charge is 2.25. The van der Waals surface area contributed by atoms with E-state index in [-0.39, 0.29) is 18.1 Å². The van der Waals surface area contributed by atoms with Crippen molar-refractivity contribution in [1.82, 2.24) is 0 Å². The largest absolute Gasteiger partial charge is 0.497 e. The fraction of sp³-hybridized carbons (Fsp3) is 0.562. The minimum atomic E-state index is 0.0551. The number of ether oxygens (including phenoxy) is 2. The van der Waals surface area contributed by atoms with Crippen LogP contribution in [0.5, 0.6) is 5.75 Å². The lowest BCUT2D eigenvalue weighted by Gasteiger charge is -2.32. The van der Waals surface area contributed by atoms with Crippen LogP contribution < -0.4 is 15.0 Å². The Bertz CT molecular complexity index is 451. The van der Waals surface area contributed by atoms with Crippen molar-refractivity contribution in [3.63, 3.8) is 0 Å². The van der Waals surface area contributed by atoms with Gasteiger partial charge in [0.25, 0.3) is 0 Å². The molecule has 1 aliphatic heterocycles. The molecule has 1 heterocycles. The van der Waals surface area contributed by atoms with Gasteiger partial charge in [-0.3, -0.25) is 4.79 Å². The second-order valence-electron chi connectivity index (χ2n) is 5.69. The number of carbonyl (C=O) groups is 1. The molecule has 2 rings (SSSR count). The summed E-state index contributed by atoms with van der Waals surface area (Å²) in [5, 5.41) is 2.92. The molecule has 0 spiro atoms. The molecule has 1 aliphatic rings.